The highest BCUT2D eigenvalue weighted by Crippen LogP contribution is 2.37. The van der Waals surface area contributed by atoms with Gasteiger partial charge < -0.3 is 0 Å². The molecule has 1 heterocycles. The third-order valence-electron chi connectivity index (χ3n) is 3.58. The monoisotopic (exact) mass is 167 g/mol. The number of carbonyl (C=O) groups excluding carboxylic acids is 1. The molecule has 0 radical (unpaired) electrons. The van der Waals surface area contributed by atoms with Crippen molar-refractivity contribution in [2.75, 3.05) is 13.6 Å². The van der Waals surface area contributed by atoms with Crippen LogP contribution in [-0.4, -0.2) is 29.8 Å². The Balaban J connectivity index is 2.21. The van der Waals surface area contributed by atoms with Crippen LogP contribution in [0.2, 0.25) is 0 Å². The highest BCUT2D eigenvalue weighted by atomic mass is 16.1. The molecular weight excluding hydrogens is 150 g/mol. The molecular formula is C10H17NO. The lowest BCUT2D eigenvalue weighted by Crippen LogP contribution is -2.50. The van der Waals surface area contributed by atoms with Crippen LogP contribution in [0.5, 0.6) is 0 Å². The highest BCUT2D eigenvalue weighted by Gasteiger charge is 2.45. The van der Waals surface area contributed by atoms with Crippen molar-refractivity contribution in [3.8, 4) is 0 Å². The fraction of sp³-hybridized carbons (Fsp3) is 0.900. The summed E-state index contributed by atoms with van der Waals surface area (Å²) in [4.78, 5) is 14.1. The summed E-state index contributed by atoms with van der Waals surface area (Å²) >= 11 is 0. The molecule has 0 aromatic carbocycles. The lowest BCUT2D eigenvalue weighted by atomic mass is 9.79. The summed E-state index contributed by atoms with van der Waals surface area (Å²) in [6.45, 7) is 1.12. The molecule has 1 aliphatic carbocycles. The van der Waals surface area contributed by atoms with Crippen molar-refractivity contribution < 1.29 is 4.79 Å². The molecule has 2 aliphatic rings. The van der Waals surface area contributed by atoms with Crippen molar-refractivity contribution in [2.24, 2.45) is 0 Å². The Morgan fingerprint density at radius 2 is 2.00 bits per heavy atom. The summed E-state index contributed by atoms with van der Waals surface area (Å²) < 4.78 is 0. The molecule has 68 valence electrons. The van der Waals surface area contributed by atoms with Crippen LogP contribution in [0.4, 0.5) is 0 Å². The van der Waals surface area contributed by atoms with Crippen LogP contribution in [0.1, 0.15) is 38.5 Å². The molecule has 1 atom stereocenters. The van der Waals surface area contributed by atoms with E-state index in [4.69, 9.17) is 0 Å². The molecule has 0 aromatic heterocycles. The maximum Gasteiger partial charge on any atom is 0.153 e. The zero-order chi connectivity index (χ0) is 8.60. The molecule has 0 amide bonds. The van der Waals surface area contributed by atoms with Gasteiger partial charge in [-0.15, -0.1) is 0 Å². The number of ketones is 1. The third kappa shape index (κ3) is 1.01. The molecule has 0 N–H and O–H groups in total. The molecule has 2 rings (SSSR count). The van der Waals surface area contributed by atoms with Crippen molar-refractivity contribution in [1.29, 1.82) is 0 Å². The van der Waals surface area contributed by atoms with Gasteiger partial charge in [-0.05, 0) is 39.3 Å². The standard InChI is InChI=1S/C10H17NO/c1-11-8-4-7-10(11)6-3-2-5-9(10)12/h2-8H2,1H3/t10-/m0/s1. The van der Waals surface area contributed by atoms with Gasteiger partial charge in [0.1, 0.15) is 0 Å². The molecule has 1 spiro atoms. The number of hydrogen-bond donors (Lipinski definition) is 0. The minimum atomic E-state index is -0.0156. The minimum absolute atomic E-state index is 0.0156. The minimum Gasteiger partial charge on any atom is -0.298 e. The van der Waals surface area contributed by atoms with Crippen LogP contribution in [-0.2, 0) is 4.79 Å². The van der Waals surface area contributed by atoms with E-state index in [1.165, 1.54) is 12.8 Å². The van der Waals surface area contributed by atoms with Crippen molar-refractivity contribution in [3.05, 3.63) is 0 Å². The molecule has 0 unspecified atom stereocenters. The first-order valence-electron chi connectivity index (χ1n) is 5.00. The second kappa shape index (κ2) is 2.84. The Hall–Kier alpha value is -0.370. The van der Waals surface area contributed by atoms with Gasteiger partial charge >= 0.3 is 0 Å². The number of Topliss-reactive ketones (excluding diaryl/α,β-unsaturated/α-hetero) is 1. The fourth-order valence-electron chi connectivity index (χ4n) is 2.76. The van der Waals surface area contributed by atoms with Crippen LogP contribution in [0.25, 0.3) is 0 Å². The van der Waals surface area contributed by atoms with Crippen LogP contribution >= 0.6 is 0 Å². The summed E-state index contributed by atoms with van der Waals surface area (Å²) in [5.74, 6) is 0.508. The Morgan fingerprint density at radius 1 is 1.25 bits per heavy atom. The second-order valence-electron chi connectivity index (χ2n) is 4.19. The zero-order valence-electron chi connectivity index (χ0n) is 7.81. The van der Waals surface area contributed by atoms with E-state index in [0.29, 0.717) is 5.78 Å². The maximum absolute atomic E-state index is 11.8. The average molecular weight is 167 g/mol. The van der Waals surface area contributed by atoms with E-state index < -0.39 is 0 Å². The zero-order valence-corrected chi connectivity index (χ0v) is 7.81. The first-order chi connectivity index (χ1) is 5.76. The number of likely N-dealkylation sites (tertiary alicyclic amines) is 1. The van der Waals surface area contributed by atoms with Gasteiger partial charge in [0.25, 0.3) is 0 Å². The van der Waals surface area contributed by atoms with E-state index in [1.54, 1.807) is 0 Å². The molecule has 1 aliphatic heterocycles. The third-order valence-corrected chi connectivity index (χ3v) is 3.58. The van der Waals surface area contributed by atoms with Gasteiger partial charge in [0.05, 0.1) is 5.54 Å². The number of hydrogen-bond acceptors (Lipinski definition) is 2. The van der Waals surface area contributed by atoms with Gasteiger partial charge in [0.2, 0.25) is 0 Å². The van der Waals surface area contributed by atoms with Crippen molar-refractivity contribution >= 4 is 5.78 Å². The first-order valence-corrected chi connectivity index (χ1v) is 5.00. The number of rotatable bonds is 0. The lowest BCUT2D eigenvalue weighted by molar-refractivity contribution is -0.131. The highest BCUT2D eigenvalue weighted by molar-refractivity contribution is 5.89. The Morgan fingerprint density at radius 3 is 2.58 bits per heavy atom. The Labute approximate surface area is 73.9 Å². The van der Waals surface area contributed by atoms with Crippen LogP contribution < -0.4 is 0 Å². The number of likely N-dealkylation sites (N-methyl/N-ethyl adjacent to an activating group) is 1. The lowest BCUT2D eigenvalue weighted by Gasteiger charge is -2.37. The van der Waals surface area contributed by atoms with Crippen molar-refractivity contribution in [1.82, 2.24) is 4.90 Å². The van der Waals surface area contributed by atoms with E-state index in [2.05, 4.69) is 11.9 Å². The normalized spacial score (nSPS) is 37.9. The SMILES string of the molecule is CN1CCC[C@]12CCCCC2=O. The summed E-state index contributed by atoms with van der Waals surface area (Å²) in [6, 6.07) is 0. The van der Waals surface area contributed by atoms with Gasteiger partial charge in [-0.2, -0.15) is 0 Å². The number of nitrogens with zero attached hydrogens (tertiary/aromatic N) is 1. The van der Waals surface area contributed by atoms with Gasteiger partial charge in [0, 0.05) is 6.42 Å². The van der Waals surface area contributed by atoms with Gasteiger partial charge in [0.15, 0.2) is 5.78 Å². The smallest absolute Gasteiger partial charge is 0.153 e. The summed E-state index contributed by atoms with van der Waals surface area (Å²) in [6.07, 6.45) is 6.63. The molecule has 2 heteroatoms. The largest absolute Gasteiger partial charge is 0.298 e. The molecule has 2 fully saturated rings. The second-order valence-corrected chi connectivity index (χ2v) is 4.19. The van der Waals surface area contributed by atoms with E-state index in [9.17, 15) is 4.79 Å². The molecule has 1 saturated heterocycles. The number of carbonyl (C=O) groups is 1. The van der Waals surface area contributed by atoms with Gasteiger partial charge in [-0.1, -0.05) is 6.42 Å². The summed E-state index contributed by atoms with van der Waals surface area (Å²) in [5, 5.41) is 0. The molecule has 1 saturated carbocycles. The van der Waals surface area contributed by atoms with E-state index in [1.807, 2.05) is 0 Å². The van der Waals surface area contributed by atoms with E-state index in [0.717, 1.165) is 32.2 Å². The van der Waals surface area contributed by atoms with Crippen LogP contribution in [0.3, 0.4) is 0 Å². The Kier molecular flexibility index (Phi) is 1.95. The van der Waals surface area contributed by atoms with Crippen molar-refractivity contribution in [2.45, 2.75) is 44.1 Å². The predicted octanol–water partition coefficient (Wildman–Crippen LogP) is 1.59. The fourth-order valence-corrected chi connectivity index (χ4v) is 2.76. The first kappa shape index (κ1) is 8.24. The average Bonchev–Trinajstić information content (AvgIpc) is 2.41. The molecule has 2 nitrogen and oxygen atoms in total. The van der Waals surface area contributed by atoms with Gasteiger partial charge in [-0.3, -0.25) is 9.69 Å². The molecule has 0 bridgehead atoms. The summed E-state index contributed by atoms with van der Waals surface area (Å²) in [7, 11) is 2.11. The van der Waals surface area contributed by atoms with Crippen LogP contribution in [0.15, 0.2) is 0 Å². The van der Waals surface area contributed by atoms with Gasteiger partial charge in [-0.25, -0.2) is 0 Å². The van der Waals surface area contributed by atoms with E-state index in [-0.39, 0.29) is 5.54 Å². The van der Waals surface area contributed by atoms with Crippen molar-refractivity contribution in [3.63, 3.8) is 0 Å². The quantitative estimate of drug-likeness (QED) is 0.546. The Bertz CT molecular complexity index is 202. The topological polar surface area (TPSA) is 20.3 Å². The molecule has 0 aromatic rings. The predicted molar refractivity (Wildman–Crippen MR) is 48.1 cm³/mol. The summed E-state index contributed by atoms with van der Waals surface area (Å²) in [5.41, 5.74) is -0.0156. The molecule has 12 heavy (non-hydrogen) atoms. The van der Waals surface area contributed by atoms with Crippen LogP contribution in [0, 0.1) is 0 Å². The maximum atomic E-state index is 11.8. The van der Waals surface area contributed by atoms with E-state index >= 15 is 0 Å².